The molecular formula is C20H30F3N3OS. The van der Waals surface area contributed by atoms with Crippen LogP contribution in [0, 0.1) is 11.3 Å². The highest BCUT2D eigenvalue weighted by atomic mass is 32.2. The second kappa shape index (κ2) is 10.1. The van der Waals surface area contributed by atoms with Gasteiger partial charge in [0.25, 0.3) is 0 Å². The third kappa shape index (κ3) is 6.51. The Morgan fingerprint density at radius 2 is 1.71 bits per heavy atom. The zero-order valence-corrected chi connectivity index (χ0v) is 17.1. The third-order valence-electron chi connectivity index (χ3n) is 6.01. The number of hydrogen-bond donors (Lipinski definition) is 0. The van der Waals surface area contributed by atoms with Crippen LogP contribution in [0.25, 0.3) is 0 Å². The van der Waals surface area contributed by atoms with E-state index in [1.807, 2.05) is 0 Å². The van der Waals surface area contributed by atoms with Crippen LogP contribution < -0.4 is 4.74 Å². The molecule has 0 aromatic carbocycles. The molecule has 28 heavy (non-hydrogen) atoms. The van der Waals surface area contributed by atoms with Crippen LogP contribution in [-0.2, 0) is 0 Å². The maximum Gasteiger partial charge on any atom is 0.391 e. The Morgan fingerprint density at radius 1 is 1.07 bits per heavy atom. The zero-order valence-electron chi connectivity index (χ0n) is 16.3. The molecule has 4 nitrogen and oxygen atoms in total. The smallest absolute Gasteiger partial charge is 0.391 e. The molecule has 3 aliphatic rings. The summed E-state index contributed by atoms with van der Waals surface area (Å²) < 4.78 is 41.5. The Labute approximate surface area is 169 Å². The highest BCUT2D eigenvalue weighted by Gasteiger charge is 2.40. The number of halogens is 3. The van der Waals surface area contributed by atoms with E-state index in [1.54, 1.807) is 12.4 Å². The molecule has 3 fully saturated rings. The van der Waals surface area contributed by atoms with E-state index in [-0.39, 0.29) is 0 Å². The van der Waals surface area contributed by atoms with Crippen LogP contribution in [0.5, 0.6) is 5.75 Å². The second-order valence-corrected chi connectivity index (χ2v) is 9.12. The third-order valence-corrected chi connectivity index (χ3v) is 7.65. The molecule has 0 N–H and O–H groups in total. The summed E-state index contributed by atoms with van der Waals surface area (Å²) in [7, 11) is 0. The predicted molar refractivity (Wildman–Crippen MR) is 106 cm³/mol. The van der Waals surface area contributed by atoms with Crippen molar-refractivity contribution in [1.82, 2.24) is 14.9 Å². The molecule has 1 aliphatic carbocycles. The molecule has 0 bridgehead atoms. The van der Waals surface area contributed by atoms with E-state index in [0.717, 1.165) is 38.2 Å². The zero-order chi connectivity index (χ0) is 19.9. The van der Waals surface area contributed by atoms with Crippen LogP contribution in [-0.4, -0.2) is 58.8 Å². The Kier molecular flexibility index (Phi) is 7.85. The van der Waals surface area contributed by atoms with Gasteiger partial charge in [-0.15, -0.1) is 0 Å². The molecule has 3 heterocycles. The molecule has 2 aliphatic heterocycles. The highest BCUT2D eigenvalue weighted by molar-refractivity contribution is 8.00. The summed E-state index contributed by atoms with van der Waals surface area (Å²) in [4.78, 5) is 10.4. The van der Waals surface area contributed by atoms with Gasteiger partial charge in [-0.2, -0.15) is 24.9 Å². The van der Waals surface area contributed by atoms with Gasteiger partial charge in [0.05, 0.1) is 18.3 Å². The Bertz CT molecular complexity index is 568. The van der Waals surface area contributed by atoms with E-state index in [0.29, 0.717) is 18.3 Å². The standard InChI is InChI=1S/C13H19N3OS.C7H11F3/c1-3-16(4-2-13(1)9-18-10-13)5-6-17-12-7-14-11-15-8-12;8-7(9,10)6-4-2-1-3-5-6/h7-8,11H,1-6,9-10H2;6H,1-5H2. The molecule has 0 amide bonds. The number of ether oxygens (including phenoxy) is 1. The van der Waals surface area contributed by atoms with Gasteiger partial charge in [0.15, 0.2) is 5.75 Å². The van der Waals surface area contributed by atoms with E-state index in [4.69, 9.17) is 4.74 Å². The maximum absolute atomic E-state index is 11.9. The molecule has 1 spiro atoms. The Balaban J connectivity index is 0.000000192. The minimum atomic E-state index is -3.93. The van der Waals surface area contributed by atoms with Gasteiger partial charge < -0.3 is 4.74 Å². The molecule has 0 unspecified atom stereocenters. The number of thioether (sulfide) groups is 1. The highest BCUT2D eigenvalue weighted by Crippen LogP contribution is 2.45. The van der Waals surface area contributed by atoms with E-state index >= 15 is 0 Å². The molecule has 0 atom stereocenters. The Morgan fingerprint density at radius 3 is 2.21 bits per heavy atom. The molecule has 4 rings (SSSR count). The molecule has 1 aromatic heterocycles. The largest absolute Gasteiger partial charge is 0.489 e. The van der Waals surface area contributed by atoms with Crippen molar-refractivity contribution in [3.05, 3.63) is 18.7 Å². The Hall–Kier alpha value is -1.02. The van der Waals surface area contributed by atoms with Gasteiger partial charge in [-0.1, -0.05) is 19.3 Å². The van der Waals surface area contributed by atoms with Crippen molar-refractivity contribution >= 4 is 11.8 Å². The number of hydrogen-bond acceptors (Lipinski definition) is 5. The number of nitrogens with zero attached hydrogens (tertiary/aromatic N) is 3. The molecule has 1 aromatic rings. The summed E-state index contributed by atoms with van der Waals surface area (Å²) in [5.41, 5.74) is 0.704. The van der Waals surface area contributed by atoms with E-state index < -0.39 is 12.1 Å². The normalized spacial score (nSPS) is 22.8. The first-order valence-corrected chi connectivity index (χ1v) is 11.4. The van der Waals surface area contributed by atoms with Gasteiger partial charge in [-0.25, -0.2) is 9.97 Å². The molecular weight excluding hydrogens is 387 g/mol. The number of alkyl halides is 3. The van der Waals surface area contributed by atoms with E-state index in [2.05, 4.69) is 26.6 Å². The predicted octanol–water partition coefficient (Wildman–Crippen LogP) is 4.81. The molecule has 158 valence electrons. The first-order valence-electron chi connectivity index (χ1n) is 10.2. The van der Waals surface area contributed by atoms with Crippen LogP contribution in [0.4, 0.5) is 13.2 Å². The van der Waals surface area contributed by atoms with Gasteiger partial charge >= 0.3 is 6.18 Å². The summed E-state index contributed by atoms with van der Waals surface area (Å²) >= 11 is 2.10. The molecule has 2 saturated heterocycles. The SMILES string of the molecule is FC(F)(F)C1CCCCC1.c1ncc(OCCN2CCC3(CC2)CSC3)cn1. The topological polar surface area (TPSA) is 38.2 Å². The first kappa shape index (κ1) is 21.7. The van der Waals surface area contributed by atoms with Gasteiger partial charge in [-0.05, 0) is 55.7 Å². The van der Waals surface area contributed by atoms with Crippen molar-refractivity contribution in [3.8, 4) is 5.75 Å². The van der Waals surface area contributed by atoms with E-state index in [1.165, 1.54) is 43.8 Å². The average molecular weight is 418 g/mol. The number of piperidine rings is 1. The summed E-state index contributed by atoms with van der Waals surface area (Å²) in [5, 5.41) is 0. The van der Waals surface area contributed by atoms with Crippen molar-refractivity contribution in [3.63, 3.8) is 0 Å². The van der Waals surface area contributed by atoms with Crippen molar-refractivity contribution in [1.29, 1.82) is 0 Å². The van der Waals surface area contributed by atoms with Crippen molar-refractivity contribution in [2.24, 2.45) is 11.3 Å². The van der Waals surface area contributed by atoms with Crippen molar-refractivity contribution in [2.75, 3.05) is 37.7 Å². The van der Waals surface area contributed by atoms with Crippen LogP contribution in [0.15, 0.2) is 18.7 Å². The lowest BCUT2D eigenvalue weighted by atomic mass is 9.81. The lowest BCUT2D eigenvalue weighted by molar-refractivity contribution is -0.181. The van der Waals surface area contributed by atoms with Crippen LogP contribution >= 0.6 is 11.8 Å². The van der Waals surface area contributed by atoms with Gasteiger partial charge in [-0.3, -0.25) is 4.90 Å². The fourth-order valence-corrected chi connectivity index (χ4v) is 5.37. The summed E-state index contributed by atoms with van der Waals surface area (Å²) in [5.74, 6) is 2.54. The lowest BCUT2D eigenvalue weighted by Crippen LogP contribution is -2.47. The summed E-state index contributed by atoms with van der Waals surface area (Å²) in [6.45, 7) is 4.21. The lowest BCUT2D eigenvalue weighted by Gasteiger charge is -2.47. The molecule has 0 radical (unpaired) electrons. The first-order chi connectivity index (χ1) is 13.5. The monoisotopic (exact) mass is 417 g/mol. The molecule has 1 saturated carbocycles. The van der Waals surface area contributed by atoms with Crippen LogP contribution in [0.3, 0.4) is 0 Å². The second-order valence-electron chi connectivity index (χ2n) is 8.13. The number of likely N-dealkylation sites (tertiary alicyclic amines) is 1. The van der Waals surface area contributed by atoms with Crippen LogP contribution in [0.1, 0.15) is 44.9 Å². The van der Waals surface area contributed by atoms with Gasteiger partial charge in [0.2, 0.25) is 0 Å². The van der Waals surface area contributed by atoms with Crippen LogP contribution in [0.2, 0.25) is 0 Å². The fraction of sp³-hybridized carbons (Fsp3) is 0.800. The molecule has 8 heteroatoms. The number of rotatable bonds is 4. The van der Waals surface area contributed by atoms with Gasteiger partial charge in [0.1, 0.15) is 12.9 Å². The summed E-state index contributed by atoms with van der Waals surface area (Å²) in [6, 6.07) is 0. The van der Waals surface area contributed by atoms with Gasteiger partial charge in [0, 0.05) is 6.54 Å². The average Bonchev–Trinajstić information content (AvgIpc) is 2.69. The minimum Gasteiger partial charge on any atom is -0.489 e. The van der Waals surface area contributed by atoms with Crippen molar-refractivity contribution in [2.45, 2.75) is 51.1 Å². The van der Waals surface area contributed by atoms with Crippen molar-refractivity contribution < 1.29 is 17.9 Å². The fourth-order valence-electron chi connectivity index (χ4n) is 4.01. The summed E-state index contributed by atoms with van der Waals surface area (Å²) in [6.07, 6.45) is 6.94. The minimum absolute atomic E-state index is 0.351. The number of aromatic nitrogens is 2. The maximum atomic E-state index is 11.9. The quantitative estimate of drug-likeness (QED) is 0.703. The van der Waals surface area contributed by atoms with E-state index in [9.17, 15) is 13.2 Å².